The Hall–Kier alpha value is -0.763. The maximum absolute atomic E-state index is 3.59. The highest BCUT2D eigenvalue weighted by molar-refractivity contribution is 6.76. The number of para-hydroxylation sites is 1. The predicted octanol–water partition coefficient (Wildman–Crippen LogP) is 4.41. The van der Waals surface area contributed by atoms with Gasteiger partial charge in [0.2, 0.25) is 0 Å². The van der Waals surface area contributed by atoms with Crippen molar-refractivity contribution in [3.8, 4) is 0 Å². The smallest absolute Gasteiger partial charge is 0.0451 e. The van der Waals surface area contributed by atoms with Gasteiger partial charge in [0, 0.05) is 20.3 Å². The molecule has 94 valence electrons. The normalized spacial score (nSPS) is 24.1. The lowest BCUT2D eigenvalue weighted by Gasteiger charge is -2.41. The van der Waals surface area contributed by atoms with E-state index in [2.05, 4.69) is 57.0 Å². The molecule has 1 nitrogen and oxygen atoms in total. The Morgan fingerprint density at radius 1 is 1.29 bits per heavy atom. The molecule has 0 amide bonds. The van der Waals surface area contributed by atoms with Crippen LogP contribution in [-0.4, -0.2) is 14.6 Å². The summed E-state index contributed by atoms with van der Waals surface area (Å²) in [5.74, 6) is 0. The summed E-state index contributed by atoms with van der Waals surface area (Å²) in [4.78, 5) is 0. The number of aryl methyl sites for hydroxylation is 1. The summed E-state index contributed by atoms with van der Waals surface area (Å²) >= 11 is 0. The number of benzene rings is 1. The van der Waals surface area contributed by atoms with E-state index in [1.54, 1.807) is 5.56 Å². The van der Waals surface area contributed by atoms with Gasteiger partial charge in [0.05, 0.1) is 0 Å². The standard InChI is InChI=1S/C15H25NSi/c1-12-7-6-8-13-14(12)16-10-9-15(13,2)11-17(3,4)5/h6-8,16H,9-11H2,1-5H3. The van der Waals surface area contributed by atoms with E-state index in [1.165, 1.54) is 23.7 Å². The minimum atomic E-state index is -1.03. The van der Waals surface area contributed by atoms with Crippen LogP contribution in [0, 0.1) is 6.92 Å². The second-order valence-corrected chi connectivity index (χ2v) is 12.4. The molecule has 1 aromatic carbocycles. The molecule has 0 spiro atoms. The van der Waals surface area contributed by atoms with Crippen molar-refractivity contribution < 1.29 is 0 Å². The number of anilines is 1. The average Bonchev–Trinajstić information content (AvgIpc) is 2.17. The topological polar surface area (TPSA) is 12.0 Å². The molecule has 0 radical (unpaired) electrons. The molecule has 1 N–H and O–H groups in total. The van der Waals surface area contributed by atoms with Crippen LogP contribution in [0.3, 0.4) is 0 Å². The highest BCUT2D eigenvalue weighted by Gasteiger charge is 2.36. The van der Waals surface area contributed by atoms with Crippen LogP contribution in [0.5, 0.6) is 0 Å². The summed E-state index contributed by atoms with van der Waals surface area (Å²) in [5, 5.41) is 3.59. The fourth-order valence-electron chi connectivity index (χ4n) is 3.36. The molecule has 1 heterocycles. The molecule has 2 heteroatoms. The first-order chi connectivity index (χ1) is 7.82. The molecule has 1 atom stereocenters. The van der Waals surface area contributed by atoms with Crippen molar-refractivity contribution in [3.63, 3.8) is 0 Å². The van der Waals surface area contributed by atoms with Gasteiger partial charge in [-0.1, -0.05) is 44.8 Å². The maximum Gasteiger partial charge on any atom is 0.0451 e. The van der Waals surface area contributed by atoms with Crippen molar-refractivity contribution in [2.24, 2.45) is 0 Å². The number of hydrogen-bond donors (Lipinski definition) is 1. The fourth-order valence-corrected chi connectivity index (χ4v) is 6.07. The third-order valence-corrected chi connectivity index (χ3v) is 5.66. The molecule has 0 saturated heterocycles. The summed E-state index contributed by atoms with van der Waals surface area (Å²) in [7, 11) is -1.03. The first kappa shape index (κ1) is 12.7. The zero-order chi connectivity index (χ0) is 12.7. The van der Waals surface area contributed by atoms with Gasteiger partial charge in [-0.05, 0) is 35.9 Å². The number of nitrogens with one attached hydrogen (secondary N) is 1. The third kappa shape index (κ3) is 2.57. The SMILES string of the molecule is Cc1cccc2c1NCCC2(C)C[Si](C)(C)C. The Balaban J connectivity index is 2.44. The molecule has 1 aliphatic heterocycles. The monoisotopic (exact) mass is 247 g/mol. The van der Waals surface area contributed by atoms with Crippen molar-refractivity contribution in [2.75, 3.05) is 11.9 Å². The molecule has 17 heavy (non-hydrogen) atoms. The summed E-state index contributed by atoms with van der Waals surface area (Å²) in [6.07, 6.45) is 1.27. The number of rotatable bonds is 2. The minimum Gasteiger partial charge on any atom is -0.385 e. The summed E-state index contributed by atoms with van der Waals surface area (Å²) < 4.78 is 0. The lowest BCUT2D eigenvalue weighted by atomic mass is 9.77. The van der Waals surface area contributed by atoms with E-state index in [-0.39, 0.29) is 0 Å². The molecule has 1 aromatic rings. The molecule has 1 aliphatic rings. The molecule has 2 rings (SSSR count). The largest absolute Gasteiger partial charge is 0.385 e. The first-order valence-corrected chi connectivity index (χ1v) is 10.4. The Morgan fingerprint density at radius 2 is 2.00 bits per heavy atom. The summed E-state index contributed by atoms with van der Waals surface area (Å²) in [6.45, 7) is 13.2. The zero-order valence-corrected chi connectivity index (χ0v) is 12.9. The molecule has 0 aromatic heterocycles. The van der Waals surface area contributed by atoms with E-state index >= 15 is 0 Å². The van der Waals surface area contributed by atoms with Gasteiger partial charge in [-0.3, -0.25) is 0 Å². The molecular weight excluding hydrogens is 222 g/mol. The average molecular weight is 247 g/mol. The van der Waals surface area contributed by atoms with E-state index in [9.17, 15) is 0 Å². The Bertz CT molecular complexity index is 419. The van der Waals surface area contributed by atoms with Crippen LogP contribution in [-0.2, 0) is 5.41 Å². The highest BCUT2D eigenvalue weighted by Crippen LogP contribution is 2.43. The van der Waals surface area contributed by atoms with Gasteiger partial charge >= 0.3 is 0 Å². The Kier molecular flexibility index (Phi) is 3.11. The second-order valence-electron chi connectivity index (χ2n) is 6.97. The summed E-state index contributed by atoms with van der Waals surface area (Å²) in [6, 6.07) is 8.14. The van der Waals surface area contributed by atoms with Crippen LogP contribution in [0.15, 0.2) is 18.2 Å². The molecule has 0 fully saturated rings. The van der Waals surface area contributed by atoms with Crippen molar-refractivity contribution in [2.45, 2.75) is 51.4 Å². The van der Waals surface area contributed by atoms with E-state index in [0.29, 0.717) is 5.41 Å². The predicted molar refractivity (Wildman–Crippen MR) is 79.8 cm³/mol. The van der Waals surface area contributed by atoms with E-state index < -0.39 is 8.07 Å². The summed E-state index contributed by atoms with van der Waals surface area (Å²) in [5.41, 5.74) is 4.73. The highest BCUT2D eigenvalue weighted by atomic mass is 28.3. The van der Waals surface area contributed by atoms with Crippen molar-refractivity contribution >= 4 is 13.8 Å². The Labute approximate surface area is 107 Å². The second kappa shape index (κ2) is 4.16. The lowest BCUT2D eigenvalue weighted by molar-refractivity contribution is 0.475. The third-order valence-electron chi connectivity index (χ3n) is 3.82. The van der Waals surface area contributed by atoms with Crippen LogP contribution in [0.2, 0.25) is 25.7 Å². The van der Waals surface area contributed by atoms with Gasteiger partial charge in [0.25, 0.3) is 0 Å². The quantitative estimate of drug-likeness (QED) is 0.764. The van der Waals surface area contributed by atoms with Gasteiger partial charge in [-0.25, -0.2) is 0 Å². The van der Waals surface area contributed by atoms with Crippen molar-refractivity contribution in [1.82, 2.24) is 0 Å². The van der Waals surface area contributed by atoms with E-state index in [0.717, 1.165) is 6.54 Å². The molecular formula is C15H25NSi. The minimum absolute atomic E-state index is 0.386. The van der Waals surface area contributed by atoms with E-state index in [1.807, 2.05) is 0 Å². The van der Waals surface area contributed by atoms with Crippen molar-refractivity contribution in [1.29, 1.82) is 0 Å². The molecule has 0 aliphatic carbocycles. The van der Waals surface area contributed by atoms with Gasteiger partial charge in [-0.2, -0.15) is 0 Å². The number of hydrogen-bond acceptors (Lipinski definition) is 1. The van der Waals surface area contributed by atoms with Gasteiger partial charge in [0.15, 0.2) is 0 Å². The Morgan fingerprint density at radius 3 is 2.65 bits per heavy atom. The van der Waals surface area contributed by atoms with Crippen LogP contribution in [0.1, 0.15) is 24.5 Å². The fraction of sp³-hybridized carbons (Fsp3) is 0.600. The zero-order valence-electron chi connectivity index (χ0n) is 11.9. The first-order valence-electron chi connectivity index (χ1n) is 6.66. The van der Waals surface area contributed by atoms with E-state index in [4.69, 9.17) is 0 Å². The van der Waals surface area contributed by atoms with Crippen LogP contribution >= 0.6 is 0 Å². The maximum atomic E-state index is 3.59. The molecule has 0 saturated carbocycles. The van der Waals surface area contributed by atoms with Crippen LogP contribution in [0.4, 0.5) is 5.69 Å². The van der Waals surface area contributed by atoms with Gasteiger partial charge in [0.1, 0.15) is 0 Å². The van der Waals surface area contributed by atoms with Crippen molar-refractivity contribution in [3.05, 3.63) is 29.3 Å². The number of fused-ring (bicyclic) bond motifs is 1. The van der Waals surface area contributed by atoms with Crippen LogP contribution < -0.4 is 5.32 Å². The molecule has 1 unspecified atom stereocenters. The van der Waals surface area contributed by atoms with Gasteiger partial charge in [-0.15, -0.1) is 0 Å². The molecule has 0 bridgehead atoms. The lowest BCUT2D eigenvalue weighted by Crippen LogP contribution is -2.38. The van der Waals surface area contributed by atoms with Crippen LogP contribution in [0.25, 0.3) is 0 Å². The van der Waals surface area contributed by atoms with Gasteiger partial charge < -0.3 is 5.32 Å².